The highest BCUT2D eigenvalue weighted by atomic mass is 35.5. The van der Waals surface area contributed by atoms with E-state index >= 15 is 0 Å². The minimum absolute atomic E-state index is 0.0824. The van der Waals surface area contributed by atoms with Gasteiger partial charge in [-0.15, -0.1) is 0 Å². The van der Waals surface area contributed by atoms with E-state index in [1.54, 1.807) is 17.3 Å². The van der Waals surface area contributed by atoms with Crippen LogP contribution in [0.1, 0.15) is 22.7 Å². The molecule has 1 saturated heterocycles. The van der Waals surface area contributed by atoms with E-state index in [1.165, 1.54) is 17.2 Å². The number of hydrogen-bond acceptors (Lipinski definition) is 3. The second kappa shape index (κ2) is 9.31. The fourth-order valence-electron chi connectivity index (χ4n) is 4.13. The first-order valence-electron chi connectivity index (χ1n) is 10.2. The Morgan fingerprint density at radius 3 is 1.77 bits per heavy atom. The van der Waals surface area contributed by atoms with Gasteiger partial charge in [-0.25, -0.2) is 8.42 Å². The maximum absolute atomic E-state index is 13.3. The SMILES string of the molecule is Cc1cc(Cl)c(Cl)cc1S(=O)(=O)N1CCN(C(c2ccccc2)c2ccccc2)CC1. The van der Waals surface area contributed by atoms with Crippen LogP contribution < -0.4 is 0 Å². The van der Waals surface area contributed by atoms with Crippen LogP contribution >= 0.6 is 23.2 Å². The minimum Gasteiger partial charge on any atom is -0.290 e. The second-order valence-electron chi connectivity index (χ2n) is 7.70. The van der Waals surface area contributed by atoms with E-state index in [0.29, 0.717) is 36.8 Å². The van der Waals surface area contributed by atoms with Gasteiger partial charge in [-0.2, -0.15) is 4.31 Å². The molecule has 0 spiro atoms. The molecule has 1 heterocycles. The van der Waals surface area contributed by atoms with E-state index < -0.39 is 10.0 Å². The Balaban J connectivity index is 1.58. The Morgan fingerprint density at radius 1 is 0.774 bits per heavy atom. The molecule has 0 bridgehead atoms. The van der Waals surface area contributed by atoms with Crippen LogP contribution in [0.15, 0.2) is 77.7 Å². The van der Waals surface area contributed by atoms with Crippen molar-refractivity contribution in [2.45, 2.75) is 17.9 Å². The highest BCUT2D eigenvalue weighted by molar-refractivity contribution is 7.89. The molecule has 4 rings (SSSR count). The van der Waals surface area contributed by atoms with Crippen LogP contribution in [0.5, 0.6) is 0 Å². The number of sulfonamides is 1. The average Bonchev–Trinajstić information content (AvgIpc) is 2.78. The van der Waals surface area contributed by atoms with Crippen molar-refractivity contribution in [3.63, 3.8) is 0 Å². The molecule has 4 nitrogen and oxygen atoms in total. The van der Waals surface area contributed by atoms with E-state index in [2.05, 4.69) is 29.2 Å². The summed E-state index contributed by atoms with van der Waals surface area (Å²) in [5.41, 5.74) is 3.00. The second-order valence-corrected chi connectivity index (χ2v) is 10.4. The highest BCUT2D eigenvalue weighted by Gasteiger charge is 2.33. The summed E-state index contributed by atoms with van der Waals surface area (Å²) in [4.78, 5) is 2.57. The van der Waals surface area contributed by atoms with Gasteiger partial charge in [0, 0.05) is 26.2 Å². The van der Waals surface area contributed by atoms with Crippen molar-refractivity contribution in [3.05, 3.63) is 99.5 Å². The van der Waals surface area contributed by atoms with Gasteiger partial charge in [0.2, 0.25) is 10.0 Å². The predicted octanol–water partition coefficient (Wildman–Crippen LogP) is 5.40. The Kier molecular flexibility index (Phi) is 6.70. The molecule has 31 heavy (non-hydrogen) atoms. The fraction of sp³-hybridized carbons (Fsp3) is 0.250. The molecule has 3 aromatic carbocycles. The maximum atomic E-state index is 13.3. The molecule has 0 saturated carbocycles. The lowest BCUT2D eigenvalue weighted by Crippen LogP contribution is -2.49. The molecule has 0 unspecified atom stereocenters. The van der Waals surface area contributed by atoms with E-state index in [0.717, 1.165) is 0 Å². The lowest BCUT2D eigenvalue weighted by molar-refractivity contribution is 0.156. The number of nitrogens with zero attached hydrogens (tertiary/aromatic N) is 2. The predicted molar refractivity (Wildman–Crippen MR) is 126 cm³/mol. The molecule has 162 valence electrons. The van der Waals surface area contributed by atoms with E-state index in [9.17, 15) is 8.42 Å². The van der Waals surface area contributed by atoms with Crippen LogP contribution in [0.3, 0.4) is 0 Å². The first-order chi connectivity index (χ1) is 14.9. The topological polar surface area (TPSA) is 40.6 Å². The number of rotatable bonds is 5. The number of benzene rings is 3. The summed E-state index contributed by atoms with van der Waals surface area (Å²) in [5, 5.41) is 0.606. The smallest absolute Gasteiger partial charge is 0.243 e. The molecule has 1 fully saturated rings. The summed E-state index contributed by atoms with van der Waals surface area (Å²) < 4.78 is 28.1. The maximum Gasteiger partial charge on any atom is 0.243 e. The third-order valence-electron chi connectivity index (χ3n) is 5.70. The molecule has 7 heteroatoms. The Bertz CT molecular complexity index is 1110. The average molecular weight is 475 g/mol. The van der Waals surface area contributed by atoms with Crippen molar-refractivity contribution >= 4 is 33.2 Å². The number of hydrogen-bond donors (Lipinski definition) is 0. The van der Waals surface area contributed by atoms with Crippen LogP contribution in [0.2, 0.25) is 10.0 Å². The molecule has 0 amide bonds. The van der Waals surface area contributed by atoms with Crippen molar-refractivity contribution in [3.8, 4) is 0 Å². The van der Waals surface area contributed by atoms with Crippen LogP contribution in [-0.2, 0) is 10.0 Å². The van der Waals surface area contributed by atoms with Crippen molar-refractivity contribution in [2.75, 3.05) is 26.2 Å². The highest BCUT2D eigenvalue weighted by Crippen LogP contribution is 2.33. The summed E-state index contributed by atoms with van der Waals surface area (Å²) in [5.74, 6) is 0. The molecule has 0 aromatic heterocycles. The van der Waals surface area contributed by atoms with Crippen molar-refractivity contribution in [1.82, 2.24) is 9.21 Å². The zero-order valence-electron chi connectivity index (χ0n) is 17.2. The van der Waals surface area contributed by atoms with Gasteiger partial charge in [-0.3, -0.25) is 4.90 Å². The zero-order chi connectivity index (χ0) is 22.0. The fourth-order valence-corrected chi connectivity index (χ4v) is 6.23. The van der Waals surface area contributed by atoms with Gasteiger partial charge in [-0.05, 0) is 35.7 Å². The van der Waals surface area contributed by atoms with Crippen LogP contribution in [0.25, 0.3) is 0 Å². The molecule has 0 radical (unpaired) electrons. The molecular weight excluding hydrogens is 451 g/mol. The molecule has 0 atom stereocenters. The quantitative estimate of drug-likeness (QED) is 0.496. The van der Waals surface area contributed by atoms with Crippen LogP contribution in [-0.4, -0.2) is 43.8 Å². The summed E-state index contributed by atoms with van der Waals surface area (Å²) in [7, 11) is -3.65. The Hall–Kier alpha value is -1.89. The summed E-state index contributed by atoms with van der Waals surface area (Å²) in [6, 6.07) is 23.8. The van der Waals surface area contributed by atoms with Gasteiger partial charge in [-0.1, -0.05) is 83.9 Å². The number of piperazine rings is 1. The molecular formula is C24H24Cl2N2O2S. The van der Waals surface area contributed by atoms with Crippen LogP contribution in [0.4, 0.5) is 0 Å². The third-order valence-corrected chi connectivity index (χ3v) is 8.47. The summed E-state index contributed by atoms with van der Waals surface area (Å²) in [6.07, 6.45) is 0. The van der Waals surface area contributed by atoms with Crippen molar-refractivity contribution < 1.29 is 8.42 Å². The summed E-state index contributed by atoms with van der Waals surface area (Å²) >= 11 is 12.2. The molecule has 1 aliphatic heterocycles. The molecule has 0 aliphatic carbocycles. The lowest BCUT2D eigenvalue weighted by atomic mass is 9.96. The molecule has 0 N–H and O–H groups in total. The first-order valence-corrected chi connectivity index (χ1v) is 12.4. The Labute approximate surface area is 194 Å². The van der Waals surface area contributed by atoms with Gasteiger partial charge in [0.1, 0.15) is 0 Å². The normalized spacial score (nSPS) is 16.0. The third kappa shape index (κ3) is 4.66. The van der Waals surface area contributed by atoms with Gasteiger partial charge < -0.3 is 0 Å². The molecule has 3 aromatic rings. The lowest BCUT2D eigenvalue weighted by Gasteiger charge is -2.39. The van der Waals surface area contributed by atoms with Crippen molar-refractivity contribution in [1.29, 1.82) is 0 Å². The largest absolute Gasteiger partial charge is 0.290 e. The summed E-state index contributed by atoms with van der Waals surface area (Å²) in [6.45, 7) is 3.84. The monoisotopic (exact) mass is 474 g/mol. The van der Waals surface area contributed by atoms with Gasteiger partial charge in [0.05, 0.1) is 21.0 Å². The Morgan fingerprint density at radius 2 is 1.26 bits per heavy atom. The zero-order valence-corrected chi connectivity index (χ0v) is 19.5. The van der Waals surface area contributed by atoms with Crippen LogP contribution in [0, 0.1) is 6.92 Å². The minimum atomic E-state index is -3.65. The molecule has 1 aliphatic rings. The van der Waals surface area contributed by atoms with Gasteiger partial charge in [0.15, 0.2) is 0 Å². The number of aryl methyl sites for hydroxylation is 1. The van der Waals surface area contributed by atoms with Gasteiger partial charge >= 0.3 is 0 Å². The van der Waals surface area contributed by atoms with E-state index in [-0.39, 0.29) is 16.0 Å². The first kappa shape index (κ1) is 22.3. The number of halogens is 2. The van der Waals surface area contributed by atoms with E-state index in [1.807, 2.05) is 36.4 Å². The van der Waals surface area contributed by atoms with E-state index in [4.69, 9.17) is 23.2 Å². The standard InChI is InChI=1S/C24H24Cl2N2O2S/c1-18-16-21(25)22(26)17-23(18)31(29,30)28-14-12-27(13-15-28)24(19-8-4-2-5-9-19)20-10-6-3-7-11-20/h2-11,16-17,24H,12-15H2,1H3. The van der Waals surface area contributed by atoms with Gasteiger partial charge in [0.25, 0.3) is 0 Å². The van der Waals surface area contributed by atoms with Crippen molar-refractivity contribution in [2.24, 2.45) is 0 Å².